The molecule has 0 spiro atoms. The SMILES string of the molecule is CNC(CN1CC(C)CC1C)C(C)C. The second-order valence-corrected chi connectivity index (χ2v) is 5.28. The van der Waals surface area contributed by atoms with Crippen molar-refractivity contribution in [1.29, 1.82) is 0 Å². The zero-order valence-electron chi connectivity index (χ0n) is 10.4. The molecule has 3 unspecified atom stereocenters. The van der Waals surface area contributed by atoms with Crippen LogP contribution in [0.1, 0.15) is 34.1 Å². The summed E-state index contributed by atoms with van der Waals surface area (Å²) in [5, 5.41) is 3.42. The van der Waals surface area contributed by atoms with Crippen molar-refractivity contribution in [3.05, 3.63) is 0 Å². The largest absolute Gasteiger partial charge is 0.315 e. The first-order chi connectivity index (χ1) is 6.54. The van der Waals surface area contributed by atoms with Crippen LogP contribution >= 0.6 is 0 Å². The van der Waals surface area contributed by atoms with Gasteiger partial charge in [0.25, 0.3) is 0 Å². The molecule has 0 bridgehead atoms. The Morgan fingerprint density at radius 2 is 2.00 bits per heavy atom. The van der Waals surface area contributed by atoms with Crippen LogP contribution < -0.4 is 5.32 Å². The zero-order valence-corrected chi connectivity index (χ0v) is 10.4. The second kappa shape index (κ2) is 5.13. The third kappa shape index (κ3) is 2.96. The van der Waals surface area contributed by atoms with E-state index in [2.05, 4.69) is 45.0 Å². The molecule has 1 aliphatic heterocycles. The topological polar surface area (TPSA) is 15.3 Å². The van der Waals surface area contributed by atoms with Gasteiger partial charge in [-0.1, -0.05) is 20.8 Å². The molecule has 0 saturated carbocycles. The van der Waals surface area contributed by atoms with Crippen LogP contribution in [-0.4, -0.2) is 37.1 Å². The molecular weight excluding hydrogens is 172 g/mol. The van der Waals surface area contributed by atoms with Crippen LogP contribution in [0.15, 0.2) is 0 Å². The number of nitrogens with one attached hydrogen (secondary N) is 1. The molecular formula is C12H26N2. The van der Waals surface area contributed by atoms with Crippen molar-refractivity contribution >= 4 is 0 Å². The molecule has 2 heteroatoms. The van der Waals surface area contributed by atoms with E-state index in [0.717, 1.165) is 17.9 Å². The lowest BCUT2D eigenvalue weighted by atomic mass is 10.0. The Bertz CT molecular complexity index is 168. The molecule has 2 nitrogen and oxygen atoms in total. The maximum atomic E-state index is 3.42. The van der Waals surface area contributed by atoms with Gasteiger partial charge in [-0.3, -0.25) is 4.90 Å². The van der Waals surface area contributed by atoms with E-state index in [1.165, 1.54) is 19.5 Å². The van der Waals surface area contributed by atoms with E-state index >= 15 is 0 Å². The maximum Gasteiger partial charge on any atom is 0.0215 e. The summed E-state index contributed by atoms with van der Waals surface area (Å²) in [7, 11) is 2.08. The number of hydrogen-bond donors (Lipinski definition) is 1. The van der Waals surface area contributed by atoms with E-state index in [4.69, 9.17) is 0 Å². The van der Waals surface area contributed by atoms with Crippen LogP contribution in [0.4, 0.5) is 0 Å². The number of nitrogens with zero attached hydrogens (tertiary/aromatic N) is 1. The highest BCUT2D eigenvalue weighted by molar-refractivity contribution is 4.84. The van der Waals surface area contributed by atoms with Crippen LogP contribution in [-0.2, 0) is 0 Å². The number of hydrogen-bond acceptors (Lipinski definition) is 2. The van der Waals surface area contributed by atoms with Gasteiger partial charge < -0.3 is 5.32 Å². The van der Waals surface area contributed by atoms with Gasteiger partial charge in [-0.25, -0.2) is 0 Å². The van der Waals surface area contributed by atoms with Gasteiger partial charge in [0.1, 0.15) is 0 Å². The lowest BCUT2D eigenvalue weighted by Gasteiger charge is -2.29. The van der Waals surface area contributed by atoms with E-state index in [0.29, 0.717) is 6.04 Å². The van der Waals surface area contributed by atoms with E-state index < -0.39 is 0 Å². The fourth-order valence-electron chi connectivity index (χ4n) is 2.53. The molecule has 0 aliphatic carbocycles. The van der Waals surface area contributed by atoms with Gasteiger partial charge in [-0.2, -0.15) is 0 Å². The fraction of sp³-hybridized carbons (Fsp3) is 1.00. The smallest absolute Gasteiger partial charge is 0.0215 e. The molecule has 0 radical (unpaired) electrons. The van der Waals surface area contributed by atoms with Gasteiger partial charge in [0.05, 0.1) is 0 Å². The molecule has 14 heavy (non-hydrogen) atoms. The minimum atomic E-state index is 0.641. The van der Waals surface area contributed by atoms with Gasteiger partial charge >= 0.3 is 0 Å². The monoisotopic (exact) mass is 198 g/mol. The summed E-state index contributed by atoms with van der Waals surface area (Å²) in [5.41, 5.74) is 0. The summed E-state index contributed by atoms with van der Waals surface area (Å²) in [6.07, 6.45) is 1.37. The van der Waals surface area contributed by atoms with Crippen molar-refractivity contribution in [2.45, 2.75) is 46.2 Å². The van der Waals surface area contributed by atoms with Gasteiger partial charge in [-0.15, -0.1) is 0 Å². The first kappa shape index (κ1) is 12.0. The maximum absolute atomic E-state index is 3.42. The number of rotatable bonds is 4. The quantitative estimate of drug-likeness (QED) is 0.743. The molecule has 0 aromatic heterocycles. The van der Waals surface area contributed by atoms with Gasteiger partial charge in [-0.05, 0) is 32.2 Å². The van der Waals surface area contributed by atoms with Crippen molar-refractivity contribution in [1.82, 2.24) is 10.2 Å². The molecule has 1 heterocycles. The Hall–Kier alpha value is -0.0800. The Labute approximate surface area is 89.1 Å². The summed E-state index contributed by atoms with van der Waals surface area (Å²) in [4.78, 5) is 2.63. The van der Waals surface area contributed by atoms with Crippen molar-refractivity contribution in [3.8, 4) is 0 Å². The standard InChI is InChI=1S/C12H26N2/c1-9(2)12(13-5)8-14-7-10(3)6-11(14)4/h9-13H,6-8H2,1-5H3. The molecule has 1 saturated heterocycles. The Kier molecular flexibility index (Phi) is 4.39. The molecule has 1 N–H and O–H groups in total. The molecule has 1 fully saturated rings. The van der Waals surface area contributed by atoms with E-state index in [9.17, 15) is 0 Å². The molecule has 0 aromatic rings. The zero-order chi connectivity index (χ0) is 10.7. The number of likely N-dealkylation sites (tertiary alicyclic amines) is 1. The van der Waals surface area contributed by atoms with E-state index in [1.807, 2.05) is 0 Å². The molecule has 1 rings (SSSR count). The normalized spacial score (nSPS) is 31.3. The number of likely N-dealkylation sites (N-methyl/N-ethyl adjacent to an activating group) is 1. The van der Waals surface area contributed by atoms with Crippen molar-refractivity contribution in [2.24, 2.45) is 11.8 Å². The van der Waals surface area contributed by atoms with Gasteiger partial charge in [0.15, 0.2) is 0 Å². The lowest BCUT2D eigenvalue weighted by molar-refractivity contribution is 0.215. The highest BCUT2D eigenvalue weighted by Crippen LogP contribution is 2.22. The van der Waals surface area contributed by atoms with Crippen LogP contribution in [0.25, 0.3) is 0 Å². The highest BCUT2D eigenvalue weighted by atomic mass is 15.2. The Morgan fingerprint density at radius 1 is 1.36 bits per heavy atom. The Balaban J connectivity index is 2.42. The van der Waals surface area contributed by atoms with E-state index in [-0.39, 0.29) is 0 Å². The van der Waals surface area contributed by atoms with Crippen LogP contribution in [0, 0.1) is 11.8 Å². The fourth-order valence-corrected chi connectivity index (χ4v) is 2.53. The van der Waals surface area contributed by atoms with Crippen LogP contribution in [0.5, 0.6) is 0 Å². The summed E-state index contributed by atoms with van der Waals surface area (Å²) < 4.78 is 0. The molecule has 1 aliphatic rings. The molecule has 3 atom stereocenters. The Morgan fingerprint density at radius 3 is 2.36 bits per heavy atom. The first-order valence-corrected chi connectivity index (χ1v) is 5.96. The third-order valence-corrected chi connectivity index (χ3v) is 3.52. The van der Waals surface area contributed by atoms with Crippen LogP contribution in [0.2, 0.25) is 0 Å². The summed E-state index contributed by atoms with van der Waals surface area (Å²) in [6, 6.07) is 1.42. The van der Waals surface area contributed by atoms with Crippen molar-refractivity contribution in [2.75, 3.05) is 20.1 Å². The van der Waals surface area contributed by atoms with Crippen molar-refractivity contribution in [3.63, 3.8) is 0 Å². The molecule has 0 aromatic carbocycles. The molecule has 0 amide bonds. The van der Waals surface area contributed by atoms with Crippen LogP contribution in [0.3, 0.4) is 0 Å². The first-order valence-electron chi connectivity index (χ1n) is 5.96. The predicted octanol–water partition coefficient (Wildman–Crippen LogP) is 1.96. The second-order valence-electron chi connectivity index (χ2n) is 5.28. The van der Waals surface area contributed by atoms with Gasteiger partial charge in [0.2, 0.25) is 0 Å². The lowest BCUT2D eigenvalue weighted by Crippen LogP contribution is -2.43. The predicted molar refractivity (Wildman–Crippen MR) is 62.5 cm³/mol. The van der Waals surface area contributed by atoms with Gasteiger partial charge in [0, 0.05) is 25.2 Å². The average Bonchev–Trinajstić information content (AvgIpc) is 2.40. The highest BCUT2D eigenvalue weighted by Gasteiger charge is 2.28. The summed E-state index contributed by atoms with van der Waals surface area (Å²) in [5.74, 6) is 1.61. The molecule has 84 valence electrons. The summed E-state index contributed by atoms with van der Waals surface area (Å²) in [6.45, 7) is 11.8. The average molecular weight is 198 g/mol. The minimum absolute atomic E-state index is 0.641. The minimum Gasteiger partial charge on any atom is -0.315 e. The van der Waals surface area contributed by atoms with Crippen molar-refractivity contribution < 1.29 is 0 Å². The van der Waals surface area contributed by atoms with E-state index in [1.54, 1.807) is 0 Å². The third-order valence-electron chi connectivity index (χ3n) is 3.52. The summed E-state index contributed by atoms with van der Waals surface area (Å²) >= 11 is 0.